The summed E-state index contributed by atoms with van der Waals surface area (Å²) in [5.41, 5.74) is 6.30. The zero-order valence-electron chi connectivity index (χ0n) is 10.5. The van der Waals surface area contributed by atoms with Gasteiger partial charge in [-0.2, -0.15) is 13.2 Å². The summed E-state index contributed by atoms with van der Waals surface area (Å²) in [6.07, 6.45) is -2.74. The molecule has 0 unspecified atom stereocenters. The van der Waals surface area contributed by atoms with Crippen molar-refractivity contribution in [3.63, 3.8) is 0 Å². The molecule has 2 rings (SSSR count). The van der Waals surface area contributed by atoms with E-state index < -0.39 is 11.9 Å². The van der Waals surface area contributed by atoms with E-state index in [4.69, 9.17) is 5.73 Å². The van der Waals surface area contributed by atoms with Crippen LogP contribution in [0.25, 0.3) is 0 Å². The third-order valence-electron chi connectivity index (χ3n) is 2.62. The van der Waals surface area contributed by atoms with Gasteiger partial charge >= 0.3 is 6.18 Å². The smallest absolute Gasteiger partial charge is 0.399 e. The van der Waals surface area contributed by atoms with Gasteiger partial charge in [0.25, 0.3) is 0 Å². The molecule has 0 bridgehead atoms. The zero-order chi connectivity index (χ0) is 14.6. The topological polar surface area (TPSA) is 63.8 Å². The van der Waals surface area contributed by atoms with Gasteiger partial charge in [0.2, 0.25) is 5.95 Å². The maximum Gasteiger partial charge on any atom is 0.433 e. The van der Waals surface area contributed by atoms with Crippen LogP contribution in [0.2, 0.25) is 0 Å². The van der Waals surface area contributed by atoms with Crippen molar-refractivity contribution in [2.75, 3.05) is 17.6 Å². The first kappa shape index (κ1) is 14.1. The number of nitrogen functional groups attached to an aromatic ring is 1. The third-order valence-corrected chi connectivity index (χ3v) is 2.62. The van der Waals surface area contributed by atoms with Gasteiger partial charge in [0.05, 0.1) is 0 Å². The van der Waals surface area contributed by atoms with Crippen LogP contribution < -0.4 is 11.1 Å². The number of anilines is 2. The highest BCUT2D eigenvalue weighted by atomic mass is 19.4. The van der Waals surface area contributed by atoms with Gasteiger partial charge in [-0.3, -0.25) is 0 Å². The number of nitrogens with two attached hydrogens (primary N) is 1. The van der Waals surface area contributed by atoms with E-state index in [2.05, 4.69) is 15.3 Å². The lowest BCUT2D eigenvalue weighted by atomic mass is 10.1. The van der Waals surface area contributed by atoms with Crippen LogP contribution in [0.15, 0.2) is 36.5 Å². The predicted octanol–water partition coefficient (Wildman–Crippen LogP) is 2.73. The summed E-state index contributed by atoms with van der Waals surface area (Å²) in [6, 6.07) is 8.12. The van der Waals surface area contributed by atoms with Crippen LogP contribution in [0.5, 0.6) is 0 Å². The number of nitrogens with zero attached hydrogens (tertiary/aromatic N) is 2. The molecule has 20 heavy (non-hydrogen) atoms. The molecule has 0 spiro atoms. The maximum atomic E-state index is 12.5. The lowest BCUT2D eigenvalue weighted by molar-refractivity contribution is -0.141. The maximum absolute atomic E-state index is 12.5. The molecule has 0 amide bonds. The van der Waals surface area contributed by atoms with Gasteiger partial charge < -0.3 is 11.1 Å². The van der Waals surface area contributed by atoms with Crippen LogP contribution in [0.1, 0.15) is 11.3 Å². The Morgan fingerprint density at radius 1 is 1.10 bits per heavy atom. The summed E-state index contributed by atoms with van der Waals surface area (Å²) in [6.45, 7) is 0.436. The van der Waals surface area contributed by atoms with Gasteiger partial charge in [0.1, 0.15) is 5.69 Å². The van der Waals surface area contributed by atoms with Gasteiger partial charge in [-0.15, -0.1) is 0 Å². The molecule has 0 fully saturated rings. The SMILES string of the molecule is Nc1ccc(CCNc2nccc(C(F)(F)F)n2)cc1. The van der Waals surface area contributed by atoms with Crippen LogP contribution in [0, 0.1) is 0 Å². The van der Waals surface area contributed by atoms with Gasteiger partial charge in [0.15, 0.2) is 0 Å². The Hall–Kier alpha value is -2.31. The Morgan fingerprint density at radius 3 is 2.45 bits per heavy atom. The van der Waals surface area contributed by atoms with E-state index in [1.54, 1.807) is 12.1 Å². The van der Waals surface area contributed by atoms with Crippen LogP contribution in [-0.4, -0.2) is 16.5 Å². The van der Waals surface area contributed by atoms with E-state index in [1.165, 1.54) is 0 Å². The summed E-state index contributed by atoms with van der Waals surface area (Å²) in [5.74, 6) is -0.0322. The Balaban J connectivity index is 1.93. The number of hydrogen-bond donors (Lipinski definition) is 2. The molecule has 1 aromatic carbocycles. The van der Waals surface area contributed by atoms with Crippen molar-refractivity contribution in [1.29, 1.82) is 0 Å². The average Bonchev–Trinajstić information content (AvgIpc) is 2.40. The van der Waals surface area contributed by atoms with Crippen LogP contribution in [0.3, 0.4) is 0 Å². The van der Waals surface area contributed by atoms with E-state index in [1.807, 2.05) is 12.1 Å². The monoisotopic (exact) mass is 282 g/mol. The second-order valence-electron chi connectivity index (χ2n) is 4.18. The van der Waals surface area contributed by atoms with Crippen molar-refractivity contribution >= 4 is 11.6 Å². The Kier molecular flexibility index (Phi) is 4.07. The number of nitrogens with one attached hydrogen (secondary N) is 1. The summed E-state index contributed by atoms with van der Waals surface area (Å²) in [5, 5.41) is 2.77. The fourth-order valence-electron chi connectivity index (χ4n) is 1.60. The number of rotatable bonds is 4. The van der Waals surface area contributed by atoms with Crippen LogP contribution in [0.4, 0.5) is 24.8 Å². The molecule has 2 aromatic rings. The molecule has 106 valence electrons. The summed E-state index contributed by atoms with van der Waals surface area (Å²) < 4.78 is 37.4. The number of halogens is 3. The molecular formula is C13H13F3N4. The van der Waals surface area contributed by atoms with Crippen molar-refractivity contribution in [3.8, 4) is 0 Å². The van der Waals surface area contributed by atoms with E-state index in [0.717, 1.165) is 17.8 Å². The second kappa shape index (κ2) is 5.77. The summed E-state index contributed by atoms with van der Waals surface area (Å²) >= 11 is 0. The zero-order valence-corrected chi connectivity index (χ0v) is 10.5. The van der Waals surface area contributed by atoms with E-state index >= 15 is 0 Å². The lowest BCUT2D eigenvalue weighted by Crippen LogP contribution is -2.13. The lowest BCUT2D eigenvalue weighted by Gasteiger charge is -2.08. The van der Waals surface area contributed by atoms with E-state index in [-0.39, 0.29) is 5.95 Å². The van der Waals surface area contributed by atoms with Gasteiger partial charge in [-0.05, 0) is 30.2 Å². The number of aromatic nitrogens is 2. The van der Waals surface area contributed by atoms with Crippen molar-refractivity contribution < 1.29 is 13.2 Å². The molecular weight excluding hydrogens is 269 g/mol. The minimum atomic E-state index is -4.46. The molecule has 0 atom stereocenters. The van der Waals surface area contributed by atoms with Gasteiger partial charge in [0, 0.05) is 18.4 Å². The first-order valence-electron chi connectivity index (χ1n) is 5.94. The minimum Gasteiger partial charge on any atom is -0.399 e. The van der Waals surface area contributed by atoms with Crippen molar-refractivity contribution in [3.05, 3.63) is 47.8 Å². The standard InChI is InChI=1S/C13H13F3N4/c14-13(15,16)11-6-8-19-12(20-11)18-7-5-9-1-3-10(17)4-2-9/h1-4,6,8H,5,7,17H2,(H,18,19,20). The Bertz CT molecular complexity index is 567. The first-order valence-corrected chi connectivity index (χ1v) is 5.94. The predicted molar refractivity (Wildman–Crippen MR) is 70.1 cm³/mol. The largest absolute Gasteiger partial charge is 0.433 e. The van der Waals surface area contributed by atoms with Gasteiger partial charge in [-0.25, -0.2) is 9.97 Å². The second-order valence-corrected chi connectivity index (χ2v) is 4.18. The molecule has 0 saturated carbocycles. The molecule has 0 aliphatic heterocycles. The van der Waals surface area contributed by atoms with Crippen molar-refractivity contribution in [2.24, 2.45) is 0 Å². The van der Waals surface area contributed by atoms with Crippen molar-refractivity contribution in [2.45, 2.75) is 12.6 Å². The molecule has 3 N–H and O–H groups in total. The Morgan fingerprint density at radius 2 is 1.80 bits per heavy atom. The summed E-state index contributed by atoms with van der Waals surface area (Å²) in [7, 11) is 0. The molecule has 4 nitrogen and oxygen atoms in total. The molecule has 7 heteroatoms. The number of alkyl halides is 3. The minimum absolute atomic E-state index is 0.0322. The fourth-order valence-corrected chi connectivity index (χ4v) is 1.60. The van der Waals surface area contributed by atoms with Crippen LogP contribution >= 0.6 is 0 Å². The Labute approximate surface area is 113 Å². The van der Waals surface area contributed by atoms with Gasteiger partial charge in [-0.1, -0.05) is 12.1 Å². The highest BCUT2D eigenvalue weighted by Crippen LogP contribution is 2.27. The molecule has 1 aromatic heterocycles. The van der Waals surface area contributed by atoms with E-state index in [0.29, 0.717) is 18.7 Å². The molecule has 0 saturated heterocycles. The quantitative estimate of drug-likeness (QED) is 0.846. The normalized spacial score (nSPS) is 11.3. The summed E-state index contributed by atoms with van der Waals surface area (Å²) in [4.78, 5) is 7.18. The average molecular weight is 282 g/mol. The highest BCUT2D eigenvalue weighted by molar-refractivity contribution is 5.39. The van der Waals surface area contributed by atoms with Crippen molar-refractivity contribution in [1.82, 2.24) is 9.97 Å². The molecule has 1 heterocycles. The number of hydrogen-bond acceptors (Lipinski definition) is 4. The molecule has 0 radical (unpaired) electrons. The highest BCUT2D eigenvalue weighted by Gasteiger charge is 2.32. The van der Waals surface area contributed by atoms with Crippen LogP contribution in [-0.2, 0) is 12.6 Å². The third kappa shape index (κ3) is 3.84. The number of benzene rings is 1. The fraction of sp³-hybridized carbons (Fsp3) is 0.231. The van der Waals surface area contributed by atoms with E-state index in [9.17, 15) is 13.2 Å². The molecule has 0 aliphatic rings. The first-order chi connectivity index (χ1) is 9.45. The molecule has 0 aliphatic carbocycles.